The van der Waals surface area contributed by atoms with Gasteiger partial charge >= 0.3 is 0 Å². The van der Waals surface area contributed by atoms with E-state index in [1.165, 1.54) is 5.56 Å². The zero-order valence-corrected chi connectivity index (χ0v) is 13.2. The second kappa shape index (κ2) is 6.48. The van der Waals surface area contributed by atoms with E-state index in [1.54, 1.807) is 6.21 Å². The average Bonchev–Trinajstić information content (AvgIpc) is 2.98. The van der Waals surface area contributed by atoms with Crippen LogP contribution in [0, 0.1) is 0 Å². The summed E-state index contributed by atoms with van der Waals surface area (Å²) in [6, 6.07) is 15.6. The van der Waals surface area contributed by atoms with Crippen molar-refractivity contribution in [2.24, 2.45) is 5.10 Å². The van der Waals surface area contributed by atoms with Crippen LogP contribution in [0.3, 0.4) is 0 Å². The maximum Gasteiger partial charge on any atom is 0.271 e. The van der Waals surface area contributed by atoms with Crippen LogP contribution in [-0.2, 0) is 0 Å². The molecule has 4 heteroatoms. The highest BCUT2D eigenvalue weighted by atomic mass is 16.2. The number of para-hydroxylation sites is 1. The van der Waals surface area contributed by atoms with Gasteiger partial charge in [0.1, 0.15) is 0 Å². The predicted octanol–water partition coefficient (Wildman–Crippen LogP) is 4.06. The maximum atomic E-state index is 12.1. The molecule has 0 spiro atoms. The highest BCUT2D eigenvalue weighted by Gasteiger charge is 2.05. The number of benzene rings is 2. The molecule has 0 radical (unpaired) electrons. The number of carbonyl (C=O) groups is 1. The molecule has 0 aliphatic heterocycles. The zero-order valence-electron chi connectivity index (χ0n) is 13.2. The minimum atomic E-state index is -0.212. The number of carbonyl (C=O) groups excluding carboxylic acids is 1. The van der Waals surface area contributed by atoms with E-state index >= 15 is 0 Å². The number of nitrogens with zero attached hydrogens (tertiary/aromatic N) is 1. The van der Waals surface area contributed by atoms with Gasteiger partial charge in [0.2, 0.25) is 0 Å². The predicted molar refractivity (Wildman–Crippen MR) is 93.9 cm³/mol. The van der Waals surface area contributed by atoms with Crippen molar-refractivity contribution >= 4 is 23.0 Å². The number of H-pyrrole nitrogens is 1. The SMILES string of the molecule is CC(C)c1ccc(C(=O)N/N=C/c2c[nH]c3ccccc23)cc1. The summed E-state index contributed by atoms with van der Waals surface area (Å²) in [4.78, 5) is 15.3. The first-order valence-electron chi connectivity index (χ1n) is 7.64. The van der Waals surface area contributed by atoms with Crippen molar-refractivity contribution in [1.82, 2.24) is 10.4 Å². The van der Waals surface area contributed by atoms with Crippen LogP contribution in [0.2, 0.25) is 0 Å². The fraction of sp³-hybridized carbons (Fsp3) is 0.158. The van der Waals surface area contributed by atoms with Crippen molar-refractivity contribution < 1.29 is 4.79 Å². The first-order valence-corrected chi connectivity index (χ1v) is 7.64. The molecule has 116 valence electrons. The summed E-state index contributed by atoms with van der Waals surface area (Å²) in [5, 5.41) is 5.13. The van der Waals surface area contributed by atoms with Crippen LogP contribution in [0.1, 0.15) is 41.3 Å². The summed E-state index contributed by atoms with van der Waals surface area (Å²) in [5.74, 6) is 0.239. The topological polar surface area (TPSA) is 57.2 Å². The monoisotopic (exact) mass is 305 g/mol. The molecule has 1 heterocycles. The second-order valence-electron chi connectivity index (χ2n) is 5.77. The van der Waals surface area contributed by atoms with Gasteiger partial charge in [-0.05, 0) is 29.7 Å². The van der Waals surface area contributed by atoms with Crippen molar-refractivity contribution in [3.05, 3.63) is 71.4 Å². The lowest BCUT2D eigenvalue weighted by molar-refractivity contribution is 0.0955. The van der Waals surface area contributed by atoms with Crippen LogP contribution in [0.4, 0.5) is 0 Å². The van der Waals surface area contributed by atoms with Gasteiger partial charge in [0, 0.05) is 28.2 Å². The van der Waals surface area contributed by atoms with E-state index < -0.39 is 0 Å². The lowest BCUT2D eigenvalue weighted by Crippen LogP contribution is -2.17. The Morgan fingerprint density at radius 3 is 2.61 bits per heavy atom. The largest absolute Gasteiger partial charge is 0.361 e. The van der Waals surface area contributed by atoms with Gasteiger partial charge < -0.3 is 4.98 Å². The lowest BCUT2D eigenvalue weighted by Gasteiger charge is -2.05. The smallest absolute Gasteiger partial charge is 0.271 e. The van der Waals surface area contributed by atoms with E-state index in [0.29, 0.717) is 11.5 Å². The van der Waals surface area contributed by atoms with Gasteiger partial charge in [-0.1, -0.05) is 44.2 Å². The van der Waals surface area contributed by atoms with Crippen LogP contribution in [-0.4, -0.2) is 17.1 Å². The summed E-state index contributed by atoms with van der Waals surface area (Å²) < 4.78 is 0. The Balaban J connectivity index is 1.68. The number of nitrogens with one attached hydrogen (secondary N) is 2. The number of rotatable bonds is 4. The third-order valence-corrected chi connectivity index (χ3v) is 3.83. The molecular weight excluding hydrogens is 286 g/mol. The van der Waals surface area contributed by atoms with Gasteiger partial charge in [-0.15, -0.1) is 0 Å². The van der Waals surface area contributed by atoms with Gasteiger partial charge in [0.25, 0.3) is 5.91 Å². The minimum Gasteiger partial charge on any atom is -0.361 e. The van der Waals surface area contributed by atoms with E-state index in [-0.39, 0.29) is 5.91 Å². The van der Waals surface area contributed by atoms with Crippen molar-refractivity contribution in [3.8, 4) is 0 Å². The van der Waals surface area contributed by atoms with E-state index in [2.05, 4.69) is 29.4 Å². The van der Waals surface area contributed by atoms with Crippen LogP contribution in [0.15, 0.2) is 59.8 Å². The molecule has 3 rings (SSSR count). The molecule has 0 aliphatic rings. The third-order valence-electron chi connectivity index (χ3n) is 3.83. The maximum absolute atomic E-state index is 12.1. The van der Waals surface area contributed by atoms with Crippen LogP contribution < -0.4 is 5.43 Å². The van der Waals surface area contributed by atoms with Crippen molar-refractivity contribution in [3.63, 3.8) is 0 Å². The van der Waals surface area contributed by atoms with Crippen molar-refractivity contribution in [2.75, 3.05) is 0 Å². The third kappa shape index (κ3) is 3.31. The normalized spacial score (nSPS) is 11.4. The van der Waals surface area contributed by atoms with Gasteiger partial charge in [0.05, 0.1) is 6.21 Å². The zero-order chi connectivity index (χ0) is 16.2. The first kappa shape index (κ1) is 15.0. The molecule has 0 saturated heterocycles. The number of hydrazone groups is 1. The Morgan fingerprint density at radius 2 is 1.87 bits per heavy atom. The summed E-state index contributed by atoms with van der Waals surface area (Å²) in [5.41, 5.74) is 6.37. The Labute approximate surface area is 135 Å². The van der Waals surface area contributed by atoms with Crippen LogP contribution >= 0.6 is 0 Å². The molecule has 0 fully saturated rings. The second-order valence-corrected chi connectivity index (χ2v) is 5.77. The summed E-state index contributed by atoms with van der Waals surface area (Å²) in [7, 11) is 0. The molecule has 0 unspecified atom stereocenters. The summed E-state index contributed by atoms with van der Waals surface area (Å²) in [6.45, 7) is 4.25. The quantitative estimate of drug-likeness (QED) is 0.554. The van der Waals surface area contributed by atoms with E-state index in [1.807, 2.05) is 54.7 Å². The molecule has 0 aliphatic carbocycles. The molecule has 0 atom stereocenters. The Morgan fingerprint density at radius 1 is 1.13 bits per heavy atom. The lowest BCUT2D eigenvalue weighted by atomic mass is 10.0. The van der Waals surface area contributed by atoms with E-state index in [9.17, 15) is 4.79 Å². The number of hydrogen-bond donors (Lipinski definition) is 2. The standard InChI is InChI=1S/C19H19N3O/c1-13(2)14-7-9-15(10-8-14)19(23)22-21-12-16-11-20-18-6-4-3-5-17(16)18/h3-13,20H,1-2H3,(H,22,23)/b21-12+. The van der Waals surface area contributed by atoms with Gasteiger partial charge in [0.15, 0.2) is 0 Å². The highest BCUT2D eigenvalue weighted by molar-refractivity contribution is 6.00. The number of hydrogen-bond acceptors (Lipinski definition) is 2. The summed E-state index contributed by atoms with van der Waals surface area (Å²) in [6.07, 6.45) is 3.52. The van der Waals surface area contributed by atoms with Crippen molar-refractivity contribution in [1.29, 1.82) is 0 Å². The molecule has 0 saturated carbocycles. The molecule has 2 N–H and O–H groups in total. The molecule has 3 aromatic rings. The van der Waals surface area contributed by atoms with Crippen molar-refractivity contribution in [2.45, 2.75) is 19.8 Å². The Hall–Kier alpha value is -2.88. The van der Waals surface area contributed by atoms with Gasteiger partial charge in [-0.3, -0.25) is 4.79 Å². The van der Waals surface area contributed by atoms with Crippen LogP contribution in [0.5, 0.6) is 0 Å². The molecule has 0 bridgehead atoms. The van der Waals surface area contributed by atoms with Gasteiger partial charge in [-0.25, -0.2) is 5.43 Å². The fourth-order valence-corrected chi connectivity index (χ4v) is 2.45. The molecule has 4 nitrogen and oxygen atoms in total. The molecular formula is C19H19N3O. The highest BCUT2D eigenvalue weighted by Crippen LogP contribution is 2.16. The van der Waals surface area contributed by atoms with E-state index in [0.717, 1.165) is 16.5 Å². The molecule has 1 aromatic heterocycles. The Bertz CT molecular complexity index is 844. The Kier molecular flexibility index (Phi) is 4.24. The minimum absolute atomic E-state index is 0.212. The average molecular weight is 305 g/mol. The number of aromatic nitrogens is 1. The number of fused-ring (bicyclic) bond motifs is 1. The number of amides is 1. The molecule has 23 heavy (non-hydrogen) atoms. The molecule has 1 amide bonds. The fourth-order valence-electron chi connectivity index (χ4n) is 2.45. The summed E-state index contributed by atoms with van der Waals surface area (Å²) >= 11 is 0. The van der Waals surface area contributed by atoms with E-state index in [4.69, 9.17) is 0 Å². The first-order chi connectivity index (χ1) is 11.1. The van der Waals surface area contributed by atoms with Gasteiger partial charge in [-0.2, -0.15) is 5.10 Å². The molecule has 2 aromatic carbocycles. The number of aromatic amines is 1. The van der Waals surface area contributed by atoms with Crippen LogP contribution in [0.25, 0.3) is 10.9 Å².